The molecule has 8 nitrogen and oxygen atoms in total. The summed E-state index contributed by atoms with van der Waals surface area (Å²) < 4.78 is 2.81. The smallest absolute Gasteiger partial charge is 0.276 e. The van der Waals surface area contributed by atoms with Crippen molar-refractivity contribution in [3.05, 3.63) is 40.1 Å². The standard InChI is InChI=1S/C21H27BrN6O2/c1-14(2)23-18(29)13-26-9-11-27(12-10-26)21(30)19-20(15-3-4-15)28(25-24-19)17-7-5-16(22)6-8-17/h5-8,14-15H,3-4,9-13H2,1-2H3,(H,23,29). The Kier molecular flexibility index (Phi) is 6.19. The Bertz CT molecular complexity index is 914. The van der Waals surface area contributed by atoms with Crippen molar-refractivity contribution in [3.8, 4) is 5.69 Å². The Labute approximate surface area is 184 Å². The molecule has 160 valence electrons. The van der Waals surface area contributed by atoms with Gasteiger partial charge in [0.25, 0.3) is 5.91 Å². The molecule has 0 bridgehead atoms. The second-order valence-corrected chi connectivity index (χ2v) is 9.19. The number of rotatable bonds is 6. The lowest BCUT2D eigenvalue weighted by atomic mass is 10.1. The second-order valence-electron chi connectivity index (χ2n) is 8.28. The van der Waals surface area contributed by atoms with Crippen LogP contribution in [0, 0.1) is 0 Å². The minimum Gasteiger partial charge on any atom is -0.353 e. The fourth-order valence-electron chi connectivity index (χ4n) is 3.77. The SMILES string of the molecule is CC(C)NC(=O)CN1CCN(C(=O)c2nnn(-c3ccc(Br)cc3)c2C2CC2)CC1. The molecule has 1 N–H and O–H groups in total. The molecule has 2 amide bonds. The predicted octanol–water partition coefficient (Wildman–Crippen LogP) is 2.19. The number of amides is 2. The first-order chi connectivity index (χ1) is 14.4. The van der Waals surface area contributed by atoms with Gasteiger partial charge in [0, 0.05) is 42.6 Å². The van der Waals surface area contributed by atoms with Crippen molar-refractivity contribution >= 4 is 27.7 Å². The number of halogens is 1. The third-order valence-corrected chi connectivity index (χ3v) is 5.95. The molecule has 1 aliphatic carbocycles. The average molecular weight is 475 g/mol. The summed E-state index contributed by atoms with van der Waals surface area (Å²) in [7, 11) is 0. The molecule has 2 aromatic rings. The molecule has 1 aliphatic heterocycles. The molecule has 2 heterocycles. The van der Waals surface area contributed by atoms with Crippen molar-refractivity contribution in [2.24, 2.45) is 0 Å². The Hall–Kier alpha value is -2.26. The minimum atomic E-state index is -0.0634. The van der Waals surface area contributed by atoms with Crippen molar-refractivity contribution in [1.82, 2.24) is 30.1 Å². The molecule has 0 unspecified atom stereocenters. The van der Waals surface area contributed by atoms with Gasteiger partial charge in [0.15, 0.2) is 5.69 Å². The number of nitrogens with one attached hydrogen (secondary N) is 1. The van der Waals surface area contributed by atoms with Gasteiger partial charge in [-0.3, -0.25) is 14.5 Å². The van der Waals surface area contributed by atoms with E-state index in [1.807, 2.05) is 47.7 Å². The van der Waals surface area contributed by atoms with Crippen LogP contribution in [0.25, 0.3) is 5.69 Å². The predicted molar refractivity (Wildman–Crippen MR) is 117 cm³/mol. The van der Waals surface area contributed by atoms with E-state index in [4.69, 9.17) is 0 Å². The molecule has 1 saturated carbocycles. The second kappa shape index (κ2) is 8.85. The summed E-state index contributed by atoms with van der Waals surface area (Å²) in [5, 5.41) is 11.5. The summed E-state index contributed by atoms with van der Waals surface area (Å²) in [6, 6.07) is 8.00. The van der Waals surface area contributed by atoms with Crippen molar-refractivity contribution in [2.75, 3.05) is 32.7 Å². The first-order valence-electron chi connectivity index (χ1n) is 10.4. The third kappa shape index (κ3) is 4.73. The molecule has 0 spiro atoms. The van der Waals surface area contributed by atoms with Gasteiger partial charge in [-0.2, -0.15) is 0 Å². The Morgan fingerprint density at radius 3 is 2.40 bits per heavy atom. The molecular formula is C21H27BrN6O2. The molecule has 4 rings (SSSR count). The lowest BCUT2D eigenvalue weighted by Gasteiger charge is -2.34. The monoisotopic (exact) mass is 474 g/mol. The van der Waals surface area contributed by atoms with Gasteiger partial charge in [0.05, 0.1) is 17.9 Å². The van der Waals surface area contributed by atoms with Gasteiger partial charge in [0.1, 0.15) is 0 Å². The summed E-state index contributed by atoms with van der Waals surface area (Å²) in [5.41, 5.74) is 2.29. The largest absolute Gasteiger partial charge is 0.353 e. The van der Waals surface area contributed by atoms with Crippen molar-refractivity contribution in [1.29, 1.82) is 0 Å². The summed E-state index contributed by atoms with van der Waals surface area (Å²) in [6.07, 6.45) is 2.12. The van der Waals surface area contributed by atoms with E-state index < -0.39 is 0 Å². The van der Waals surface area contributed by atoms with Crippen LogP contribution in [0.2, 0.25) is 0 Å². The van der Waals surface area contributed by atoms with Crippen LogP contribution in [0.1, 0.15) is 48.8 Å². The highest BCUT2D eigenvalue weighted by atomic mass is 79.9. The van der Waals surface area contributed by atoms with Crippen molar-refractivity contribution < 1.29 is 9.59 Å². The van der Waals surface area contributed by atoms with Crippen LogP contribution in [-0.4, -0.2) is 75.4 Å². The van der Waals surface area contributed by atoms with E-state index in [2.05, 4.69) is 36.5 Å². The number of carbonyl (C=O) groups is 2. The first-order valence-corrected chi connectivity index (χ1v) is 11.2. The van der Waals surface area contributed by atoms with Gasteiger partial charge in [0.2, 0.25) is 5.91 Å². The van der Waals surface area contributed by atoms with Crippen LogP contribution < -0.4 is 5.32 Å². The van der Waals surface area contributed by atoms with Crippen LogP contribution >= 0.6 is 15.9 Å². The maximum atomic E-state index is 13.2. The molecule has 1 saturated heterocycles. The molecule has 9 heteroatoms. The zero-order valence-electron chi connectivity index (χ0n) is 17.3. The topological polar surface area (TPSA) is 83.4 Å². The zero-order valence-corrected chi connectivity index (χ0v) is 18.9. The highest BCUT2D eigenvalue weighted by Gasteiger charge is 2.36. The molecule has 0 radical (unpaired) electrons. The normalized spacial score (nSPS) is 17.4. The Morgan fingerprint density at radius 2 is 1.80 bits per heavy atom. The summed E-state index contributed by atoms with van der Waals surface area (Å²) in [5.74, 6) is 0.299. The van der Waals surface area contributed by atoms with E-state index in [0.29, 0.717) is 44.3 Å². The van der Waals surface area contributed by atoms with Crippen molar-refractivity contribution in [2.45, 2.75) is 38.6 Å². The van der Waals surface area contributed by atoms with Gasteiger partial charge in [-0.25, -0.2) is 4.68 Å². The van der Waals surface area contributed by atoms with Crippen LogP contribution in [0.4, 0.5) is 0 Å². The van der Waals surface area contributed by atoms with Crippen LogP contribution in [0.15, 0.2) is 28.7 Å². The average Bonchev–Trinajstić information content (AvgIpc) is 3.46. The first kappa shape index (κ1) is 21.0. The highest BCUT2D eigenvalue weighted by Crippen LogP contribution is 2.42. The molecule has 2 aliphatic rings. The molecule has 2 fully saturated rings. The lowest BCUT2D eigenvalue weighted by molar-refractivity contribution is -0.123. The van der Waals surface area contributed by atoms with E-state index in [1.54, 1.807) is 0 Å². The van der Waals surface area contributed by atoms with Crippen molar-refractivity contribution in [3.63, 3.8) is 0 Å². The zero-order chi connectivity index (χ0) is 21.3. The fourth-order valence-corrected chi connectivity index (χ4v) is 4.03. The van der Waals surface area contributed by atoms with Crippen LogP contribution in [-0.2, 0) is 4.79 Å². The Balaban J connectivity index is 1.44. The molecule has 1 aromatic carbocycles. The summed E-state index contributed by atoms with van der Waals surface area (Å²) in [6.45, 7) is 6.80. The molecule has 1 aromatic heterocycles. The quantitative estimate of drug-likeness (QED) is 0.693. The number of carbonyl (C=O) groups excluding carboxylic acids is 2. The van der Waals surface area contributed by atoms with E-state index in [1.165, 1.54) is 0 Å². The Morgan fingerprint density at radius 1 is 1.13 bits per heavy atom. The van der Waals surface area contributed by atoms with Crippen LogP contribution in [0.5, 0.6) is 0 Å². The molecule has 30 heavy (non-hydrogen) atoms. The van der Waals surface area contributed by atoms with E-state index in [-0.39, 0.29) is 17.9 Å². The van der Waals surface area contributed by atoms with Gasteiger partial charge in [-0.15, -0.1) is 5.10 Å². The van der Waals surface area contributed by atoms with Gasteiger partial charge in [-0.05, 0) is 51.0 Å². The lowest BCUT2D eigenvalue weighted by Crippen LogP contribution is -2.51. The number of hydrogen-bond acceptors (Lipinski definition) is 5. The van der Waals surface area contributed by atoms with E-state index >= 15 is 0 Å². The van der Waals surface area contributed by atoms with Gasteiger partial charge < -0.3 is 10.2 Å². The van der Waals surface area contributed by atoms with Gasteiger partial charge in [-0.1, -0.05) is 21.1 Å². The maximum Gasteiger partial charge on any atom is 0.276 e. The van der Waals surface area contributed by atoms with Crippen LogP contribution in [0.3, 0.4) is 0 Å². The molecule has 0 atom stereocenters. The number of piperazine rings is 1. The molecular weight excluding hydrogens is 448 g/mol. The van der Waals surface area contributed by atoms with Gasteiger partial charge >= 0.3 is 0 Å². The number of nitrogens with zero attached hydrogens (tertiary/aromatic N) is 5. The van der Waals surface area contributed by atoms with E-state index in [0.717, 1.165) is 28.7 Å². The number of hydrogen-bond donors (Lipinski definition) is 1. The van der Waals surface area contributed by atoms with E-state index in [9.17, 15) is 9.59 Å². The third-order valence-electron chi connectivity index (χ3n) is 5.42. The fraction of sp³-hybridized carbons (Fsp3) is 0.524. The summed E-state index contributed by atoms with van der Waals surface area (Å²) >= 11 is 3.45. The minimum absolute atomic E-state index is 0.0261. The number of aromatic nitrogens is 3. The highest BCUT2D eigenvalue weighted by molar-refractivity contribution is 9.10. The maximum absolute atomic E-state index is 13.2. The summed E-state index contributed by atoms with van der Waals surface area (Å²) in [4.78, 5) is 29.1. The number of benzene rings is 1.